The lowest BCUT2D eigenvalue weighted by Crippen LogP contribution is -2.19. The van der Waals surface area contributed by atoms with Gasteiger partial charge in [-0.15, -0.1) is 0 Å². The molecule has 0 aliphatic heterocycles. The molecule has 0 saturated heterocycles. The fourth-order valence-electron chi connectivity index (χ4n) is 4.11. The van der Waals surface area contributed by atoms with Crippen LogP contribution in [0.25, 0.3) is 0 Å². The minimum atomic E-state index is -0.215. The van der Waals surface area contributed by atoms with Gasteiger partial charge < -0.3 is 14.6 Å². The summed E-state index contributed by atoms with van der Waals surface area (Å²) in [5.74, 6) is 0.767. The van der Waals surface area contributed by atoms with Gasteiger partial charge in [-0.05, 0) is 69.6 Å². The Kier molecular flexibility index (Phi) is 9.56. The molecule has 0 bridgehead atoms. The number of esters is 1. The zero-order valence-electron chi connectivity index (χ0n) is 18.6. The molecule has 162 valence electrons. The fraction of sp³-hybridized carbons (Fsp3) is 0.640. The molecule has 1 aliphatic carbocycles. The Bertz CT molecular complexity index is 688. The number of aryl methyl sites for hydroxylation is 1. The summed E-state index contributed by atoms with van der Waals surface area (Å²) in [6.45, 7) is 8.19. The molecule has 0 spiro atoms. The summed E-state index contributed by atoms with van der Waals surface area (Å²) in [5, 5.41) is 10.8. The topological polar surface area (TPSA) is 55.8 Å². The third kappa shape index (κ3) is 6.80. The maximum Gasteiger partial charge on any atom is 0.311 e. The number of carbonyl (C=O) groups excluding carboxylic acids is 1. The highest BCUT2D eigenvalue weighted by Crippen LogP contribution is 2.42. The summed E-state index contributed by atoms with van der Waals surface area (Å²) in [6.07, 6.45) is 11.3. The molecule has 1 aromatic rings. The van der Waals surface area contributed by atoms with Crippen LogP contribution in [0.15, 0.2) is 23.8 Å². The number of ether oxygens (including phenoxy) is 2. The Morgan fingerprint density at radius 1 is 1.21 bits per heavy atom. The minimum absolute atomic E-state index is 0.0872. The van der Waals surface area contributed by atoms with Crippen molar-refractivity contribution < 1.29 is 19.4 Å². The van der Waals surface area contributed by atoms with Crippen LogP contribution in [0.1, 0.15) is 96.1 Å². The van der Waals surface area contributed by atoms with E-state index in [-0.39, 0.29) is 30.3 Å². The number of benzene rings is 1. The lowest BCUT2D eigenvalue weighted by atomic mass is 9.84. The van der Waals surface area contributed by atoms with E-state index in [1.165, 1.54) is 5.57 Å². The standard InChI is InChI=1S/C25H38O4/c1-5-8-9-12-19-15-22(26)24(21-13-10-11-18(4)14-21)23(16-19)28-17-29-25(27)20(6-2)7-3/h14-16,20-21,26H,5-13,17H2,1-4H3. The average molecular weight is 403 g/mol. The number of carbonyl (C=O) groups is 1. The summed E-state index contributed by atoms with van der Waals surface area (Å²) in [5.41, 5.74) is 3.23. The van der Waals surface area contributed by atoms with E-state index in [2.05, 4.69) is 19.9 Å². The van der Waals surface area contributed by atoms with Crippen LogP contribution >= 0.6 is 0 Å². The number of phenolic OH excluding ortho intramolecular Hbond substituents is 1. The predicted molar refractivity (Wildman–Crippen MR) is 117 cm³/mol. The van der Waals surface area contributed by atoms with E-state index in [0.29, 0.717) is 5.75 Å². The van der Waals surface area contributed by atoms with Crippen LogP contribution in [-0.4, -0.2) is 17.9 Å². The normalized spacial score (nSPS) is 16.6. The van der Waals surface area contributed by atoms with Gasteiger partial charge in [-0.25, -0.2) is 0 Å². The number of unbranched alkanes of at least 4 members (excludes halogenated alkanes) is 2. The van der Waals surface area contributed by atoms with Crippen LogP contribution in [0.2, 0.25) is 0 Å². The lowest BCUT2D eigenvalue weighted by Gasteiger charge is -2.24. The summed E-state index contributed by atoms with van der Waals surface area (Å²) in [7, 11) is 0. The zero-order chi connectivity index (χ0) is 21.2. The molecule has 1 N–H and O–H groups in total. The molecular formula is C25H38O4. The highest BCUT2D eigenvalue weighted by molar-refractivity contribution is 5.72. The van der Waals surface area contributed by atoms with Crippen molar-refractivity contribution in [1.82, 2.24) is 0 Å². The van der Waals surface area contributed by atoms with Crippen LogP contribution in [-0.2, 0) is 16.0 Å². The van der Waals surface area contributed by atoms with Crippen molar-refractivity contribution in [3.63, 3.8) is 0 Å². The van der Waals surface area contributed by atoms with E-state index in [4.69, 9.17) is 9.47 Å². The van der Waals surface area contributed by atoms with Gasteiger partial charge in [0.1, 0.15) is 11.5 Å². The lowest BCUT2D eigenvalue weighted by molar-refractivity contribution is -0.155. The summed E-state index contributed by atoms with van der Waals surface area (Å²) in [4.78, 5) is 12.2. The van der Waals surface area contributed by atoms with Gasteiger partial charge in [0, 0.05) is 11.5 Å². The number of allylic oxidation sites excluding steroid dienone is 2. The number of hydrogen-bond acceptors (Lipinski definition) is 4. The first-order valence-electron chi connectivity index (χ1n) is 11.3. The highest BCUT2D eigenvalue weighted by Gasteiger charge is 2.23. The molecule has 29 heavy (non-hydrogen) atoms. The Balaban J connectivity index is 2.20. The molecule has 1 unspecified atom stereocenters. The Morgan fingerprint density at radius 2 is 1.97 bits per heavy atom. The van der Waals surface area contributed by atoms with Gasteiger partial charge in [-0.1, -0.05) is 45.3 Å². The molecule has 0 radical (unpaired) electrons. The molecule has 0 heterocycles. The second-order valence-electron chi connectivity index (χ2n) is 8.23. The predicted octanol–water partition coefficient (Wildman–Crippen LogP) is 6.65. The third-order valence-corrected chi connectivity index (χ3v) is 5.93. The zero-order valence-corrected chi connectivity index (χ0v) is 18.6. The highest BCUT2D eigenvalue weighted by atomic mass is 16.7. The first kappa shape index (κ1) is 23.3. The monoisotopic (exact) mass is 402 g/mol. The van der Waals surface area contributed by atoms with E-state index in [9.17, 15) is 9.90 Å². The van der Waals surface area contributed by atoms with Crippen molar-refractivity contribution in [2.24, 2.45) is 5.92 Å². The molecule has 0 aromatic heterocycles. The molecule has 1 aliphatic rings. The fourth-order valence-corrected chi connectivity index (χ4v) is 4.11. The Labute approximate surface area is 176 Å². The first-order valence-corrected chi connectivity index (χ1v) is 11.3. The van der Waals surface area contributed by atoms with Crippen LogP contribution in [0.5, 0.6) is 11.5 Å². The second-order valence-corrected chi connectivity index (χ2v) is 8.23. The number of aromatic hydroxyl groups is 1. The molecule has 1 atom stereocenters. The third-order valence-electron chi connectivity index (χ3n) is 5.93. The maximum atomic E-state index is 12.2. The van der Waals surface area contributed by atoms with Gasteiger partial charge >= 0.3 is 5.97 Å². The number of hydrogen-bond donors (Lipinski definition) is 1. The summed E-state index contributed by atoms with van der Waals surface area (Å²) in [6, 6.07) is 3.90. The van der Waals surface area contributed by atoms with Crippen molar-refractivity contribution in [2.75, 3.05) is 6.79 Å². The molecule has 0 saturated carbocycles. The molecule has 4 heteroatoms. The van der Waals surface area contributed by atoms with E-state index < -0.39 is 0 Å². The van der Waals surface area contributed by atoms with E-state index in [1.54, 1.807) is 0 Å². The van der Waals surface area contributed by atoms with Crippen molar-refractivity contribution >= 4 is 5.97 Å². The molecule has 0 amide bonds. The minimum Gasteiger partial charge on any atom is -0.507 e. The smallest absolute Gasteiger partial charge is 0.311 e. The van der Waals surface area contributed by atoms with Crippen molar-refractivity contribution in [1.29, 1.82) is 0 Å². The van der Waals surface area contributed by atoms with E-state index >= 15 is 0 Å². The molecule has 2 rings (SSSR count). The van der Waals surface area contributed by atoms with Crippen molar-refractivity contribution in [3.05, 3.63) is 34.9 Å². The average Bonchev–Trinajstić information content (AvgIpc) is 2.69. The largest absolute Gasteiger partial charge is 0.507 e. The van der Waals surface area contributed by atoms with Gasteiger partial charge in [0.2, 0.25) is 6.79 Å². The van der Waals surface area contributed by atoms with Crippen LogP contribution in [0.4, 0.5) is 0 Å². The first-order chi connectivity index (χ1) is 14.0. The van der Waals surface area contributed by atoms with Crippen LogP contribution in [0, 0.1) is 5.92 Å². The molecule has 4 nitrogen and oxygen atoms in total. The van der Waals surface area contributed by atoms with E-state index in [1.807, 2.05) is 26.0 Å². The van der Waals surface area contributed by atoms with Gasteiger partial charge in [0.15, 0.2) is 0 Å². The Hall–Kier alpha value is -1.97. The van der Waals surface area contributed by atoms with Crippen molar-refractivity contribution in [3.8, 4) is 11.5 Å². The number of rotatable bonds is 11. The maximum absolute atomic E-state index is 12.2. The summed E-state index contributed by atoms with van der Waals surface area (Å²) < 4.78 is 11.3. The van der Waals surface area contributed by atoms with Crippen molar-refractivity contribution in [2.45, 2.75) is 91.4 Å². The van der Waals surface area contributed by atoms with Crippen LogP contribution in [0.3, 0.4) is 0 Å². The Morgan fingerprint density at radius 3 is 2.62 bits per heavy atom. The van der Waals surface area contributed by atoms with Crippen LogP contribution < -0.4 is 4.74 Å². The SMILES string of the molecule is CCCCCc1cc(O)c(C2C=C(C)CCC2)c(OCOC(=O)C(CC)CC)c1. The van der Waals surface area contributed by atoms with E-state index in [0.717, 1.165) is 68.9 Å². The van der Waals surface area contributed by atoms with Gasteiger partial charge in [0.25, 0.3) is 0 Å². The second kappa shape index (κ2) is 11.9. The van der Waals surface area contributed by atoms with Gasteiger partial charge in [0.05, 0.1) is 5.92 Å². The number of phenols is 1. The van der Waals surface area contributed by atoms with Gasteiger partial charge in [-0.2, -0.15) is 0 Å². The quantitative estimate of drug-likeness (QED) is 0.195. The molecule has 1 aromatic carbocycles. The molecular weight excluding hydrogens is 364 g/mol. The van der Waals surface area contributed by atoms with Gasteiger partial charge in [-0.3, -0.25) is 4.79 Å². The summed E-state index contributed by atoms with van der Waals surface area (Å²) >= 11 is 0. The molecule has 0 fully saturated rings.